The minimum absolute atomic E-state index is 0.300. The monoisotopic (exact) mass is 260 g/mol. The van der Waals surface area contributed by atoms with Gasteiger partial charge in [0.05, 0.1) is 0 Å². The summed E-state index contributed by atoms with van der Waals surface area (Å²) in [6.07, 6.45) is 3.22. The lowest BCUT2D eigenvalue weighted by atomic mass is 9.78. The Morgan fingerprint density at radius 1 is 1.32 bits per heavy atom. The van der Waals surface area contributed by atoms with Crippen molar-refractivity contribution in [2.24, 2.45) is 11.8 Å². The van der Waals surface area contributed by atoms with Gasteiger partial charge in [-0.1, -0.05) is 56.2 Å². The minimum atomic E-state index is 0.300. The molecule has 0 radical (unpaired) electrons. The number of hydrazine groups is 1. The van der Waals surface area contributed by atoms with Crippen molar-refractivity contribution in [3.63, 3.8) is 0 Å². The van der Waals surface area contributed by atoms with Crippen LogP contribution in [0.15, 0.2) is 42.5 Å². The van der Waals surface area contributed by atoms with Crippen LogP contribution < -0.4 is 11.3 Å². The molecular formula is C17H28N2. The molecule has 3 unspecified atom stereocenters. The third-order valence-corrected chi connectivity index (χ3v) is 3.97. The first-order valence-corrected chi connectivity index (χ1v) is 7.25. The van der Waals surface area contributed by atoms with E-state index in [1.54, 1.807) is 0 Å². The predicted molar refractivity (Wildman–Crippen MR) is 83.8 cm³/mol. The molecular weight excluding hydrogens is 232 g/mol. The first-order chi connectivity index (χ1) is 9.10. The maximum Gasteiger partial charge on any atom is 0.0284 e. The highest BCUT2D eigenvalue weighted by Gasteiger charge is 2.26. The summed E-state index contributed by atoms with van der Waals surface area (Å²) >= 11 is 0. The van der Waals surface area contributed by atoms with Gasteiger partial charge in [0, 0.05) is 12.0 Å². The molecule has 1 rings (SSSR count). The largest absolute Gasteiger partial charge is 0.271 e. The van der Waals surface area contributed by atoms with Gasteiger partial charge >= 0.3 is 0 Å². The summed E-state index contributed by atoms with van der Waals surface area (Å²) in [5, 5.41) is 0. The van der Waals surface area contributed by atoms with Crippen molar-refractivity contribution >= 4 is 0 Å². The molecule has 0 aliphatic rings. The molecule has 0 saturated carbocycles. The SMILES string of the molecule is C=C(C)CCC(NN)C(c1ccccc1)C(C)CC. The Kier molecular flexibility index (Phi) is 6.82. The number of hydrogen-bond donors (Lipinski definition) is 2. The number of nitrogens with one attached hydrogen (secondary N) is 1. The van der Waals surface area contributed by atoms with Crippen LogP contribution in [0.2, 0.25) is 0 Å². The minimum Gasteiger partial charge on any atom is -0.271 e. The van der Waals surface area contributed by atoms with E-state index in [0.717, 1.165) is 19.3 Å². The van der Waals surface area contributed by atoms with Crippen LogP contribution in [-0.4, -0.2) is 6.04 Å². The van der Waals surface area contributed by atoms with Crippen LogP contribution in [-0.2, 0) is 0 Å². The quantitative estimate of drug-likeness (QED) is 0.421. The molecule has 0 aromatic heterocycles. The molecule has 0 aliphatic carbocycles. The molecule has 1 aromatic carbocycles. The number of benzene rings is 1. The van der Waals surface area contributed by atoms with Crippen LogP contribution in [0.3, 0.4) is 0 Å². The topological polar surface area (TPSA) is 38.0 Å². The summed E-state index contributed by atoms with van der Waals surface area (Å²) in [4.78, 5) is 0. The Bertz CT molecular complexity index is 372. The van der Waals surface area contributed by atoms with E-state index in [9.17, 15) is 0 Å². The fourth-order valence-corrected chi connectivity index (χ4v) is 2.66. The molecule has 3 atom stereocenters. The van der Waals surface area contributed by atoms with Gasteiger partial charge in [-0.15, -0.1) is 6.58 Å². The van der Waals surface area contributed by atoms with Gasteiger partial charge in [-0.05, 0) is 31.2 Å². The third-order valence-electron chi connectivity index (χ3n) is 3.97. The van der Waals surface area contributed by atoms with Crippen molar-refractivity contribution in [3.05, 3.63) is 48.0 Å². The van der Waals surface area contributed by atoms with E-state index >= 15 is 0 Å². The normalized spacial score (nSPS) is 15.8. The molecule has 1 aromatic rings. The van der Waals surface area contributed by atoms with Gasteiger partial charge in [0.15, 0.2) is 0 Å². The molecule has 106 valence electrons. The highest BCUT2D eigenvalue weighted by atomic mass is 15.2. The standard InChI is InChI=1S/C17H28N2/c1-5-14(4)17(15-9-7-6-8-10-15)16(19-18)12-11-13(2)3/h6-10,14,16-17,19H,2,5,11-12,18H2,1,3-4H3. The highest BCUT2D eigenvalue weighted by molar-refractivity contribution is 5.22. The molecule has 0 fully saturated rings. The van der Waals surface area contributed by atoms with Crippen LogP contribution in [0.4, 0.5) is 0 Å². The summed E-state index contributed by atoms with van der Waals surface area (Å²) in [5.74, 6) is 6.87. The van der Waals surface area contributed by atoms with Crippen molar-refractivity contribution in [3.8, 4) is 0 Å². The van der Waals surface area contributed by atoms with E-state index in [1.807, 2.05) is 0 Å². The molecule has 0 spiro atoms. The Morgan fingerprint density at radius 3 is 2.42 bits per heavy atom. The Hall–Kier alpha value is -1.12. The van der Waals surface area contributed by atoms with Crippen LogP contribution in [0.5, 0.6) is 0 Å². The lowest BCUT2D eigenvalue weighted by Crippen LogP contribution is -2.42. The maximum atomic E-state index is 5.81. The van der Waals surface area contributed by atoms with Gasteiger partial charge in [0.25, 0.3) is 0 Å². The maximum absolute atomic E-state index is 5.81. The fraction of sp³-hybridized carbons (Fsp3) is 0.529. The Balaban J connectivity index is 2.91. The Morgan fingerprint density at radius 2 is 1.95 bits per heavy atom. The van der Waals surface area contributed by atoms with E-state index in [1.165, 1.54) is 11.1 Å². The molecule has 0 amide bonds. The van der Waals surface area contributed by atoms with Gasteiger partial charge < -0.3 is 0 Å². The highest BCUT2D eigenvalue weighted by Crippen LogP contribution is 2.32. The average Bonchev–Trinajstić information content (AvgIpc) is 2.43. The fourth-order valence-electron chi connectivity index (χ4n) is 2.66. The molecule has 2 nitrogen and oxygen atoms in total. The second-order valence-corrected chi connectivity index (χ2v) is 5.59. The molecule has 0 heterocycles. The molecule has 0 aliphatic heterocycles. The number of rotatable bonds is 8. The average molecular weight is 260 g/mol. The van der Waals surface area contributed by atoms with E-state index in [4.69, 9.17) is 5.84 Å². The summed E-state index contributed by atoms with van der Waals surface area (Å²) in [7, 11) is 0. The van der Waals surface area contributed by atoms with Crippen LogP contribution >= 0.6 is 0 Å². The van der Waals surface area contributed by atoms with Crippen LogP contribution in [0, 0.1) is 5.92 Å². The van der Waals surface area contributed by atoms with E-state index in [-0.39, 0.29) is 0 Å². The summed E-state index contributed by atoms with van der Waals surface area (Å²) in [6, 6.07) is 11.0. The second kappa shape index (κ2) is 8.13. The molecule has 2 heteroatoms. The lowest BCUT2D eigenvalue weighted by molar-refractivity contribution is 0.323. The number of allylic oxidation sites excluding steroid dienone is 1. The molecule has 0 bridgehead atoms. The molecule has 0 saturated heterocycles. The van der Waals surface area contributed by atoms with Crippen molar-refractivity contribution in [1.82, 2.24) is 5.43 Å². The van der Waals surface area contributed by atoms with Gasteiger partial charge in [0.2, 0.25) is 0 Å². The smallest absolute Gasteiger partial charge is 0.0284 e. The predicted octanol–water partition coefficient (Wildman–Crippen LogP) is 4.00. The van der Waals surface area contributed by atoms with E-state index in [0.29, 0.717) is 17.9 Å². The van der Waals surface area contributed by atoms with Crippen molar-refractivity contribution in [2.75, 3.05) is 0 Å². The molecule has 19 heavy (non-hydrogen) atoms. The zero-order chi connectivity index (χ0) is 14.3. The van der Waals surface area contributed by atoms with Gasteiger partial charge in [-0.2, -0.15) is 0 Å². The van der Waals surface area contributed by atoms with Crippen molar-refractivity contribution in [1.29, 1.82) is 0 Å². The van der Waals surface area contributed by atoms with Crippen LogP contribution in [0.1, 0.15) is 51.5 Å². The summed E-state index contributed by atoms with van der Waals surface area (Å²) in [6.45, 7) is 10.6. The zero-order valence-electron chi connectivity index (χ0n) is 12.5. The van der Waals surface area contributed by atoms with Crippen molar-refractivity contribution < 1.29 is 0 Å². The van der Waals surface area contributed by atoms with Gasteiger partial charge in [-0.25, -0.2) is 0 Å². The van der Waals surface area contributed by atoms with E-state index < -0.39 is 0 Å². The second-order valence-electron chi connectivity index (χ2n) is 5.59. The number of nitrogens with two attached hydrogens (primary N) is 1. The van der Waals surface area contributed by atoms with E-state index in [2.05, 4.69) is 63.1 Å². The first-order valence-electron chi connectivity index (χ1n) is 7.25. The lowest BCUT2D eigenvalue weighted by Gasteiger charge is -2.31. The molecule has 3 N–H and O–H groups in total. The Labute approximate surface area is 118 Å². The van der Waals surface area contributed by atoms with Gasteiger partial charge in [0.1, 0.15) is 0 Å². The number of hydrogen-bond acceptors (Lipinski definition) is 2. The third kappa shape index (κ3) is 4.81. The van der Waals surface area contributed by atoms with Crippen LogP contribution in [0.25, 0.3) is 0 Å². The summed E-state index contributed by atoms with van der Waals surface area (Å²) in [5.41, 5.74) is 5.63. The van der Waals surface area contributed by atoms with Crippen molar-refractivity contribution in [2.45, 2.75) is 52.0 Å². The summed E-state index contributed by atoms with van der Waals surface area (Å²) < 4.78 is 0. The first kappa shape index (κ1) is 15.9. The van der Waals surface area contributed by atoms with Gasteiger partial charge in [-0.3, -0.25) is 11.3 Å². The zero-order valence-corrected chi connectivity index (χ0v) is 12.5.